The van der Waals surface area contributed by atoms with E-state index in [4.69, 9.17) is 27.9 Å². The number of halogens is 2. The summed E-state index contributed by atoms with van der Waals surface area (Å²) in [7, 11) is 0. The molecule has 0 aliphatic rings. The molecule has 1 nitrogen and oxygen atoms in total. The van der Waals surface area contributed by atoms with Gasteiger partial charge in [0.25, 0.3) is 0 Å². The van der Waals surface area contributed by atoms with Crippen LogP contribution in [0.4, 0.5) is 0 Å². The van der Waals surface area contributed by atoms with E-state index in [1.54, 1.807) is 0 Å². The summed E-state index contributed by atoms with van der Waals surface area (Å²) in [6, 6.07) is 14.9. The molecule has 0 N–H and O–H groups in total. The van der Waals surface area contributed by atoms with Crippen LogP contribution >= 0.6 is 23.2 Å². The monoisotopic (exact) mass is 422 g/mol. The minimum absolute atomic E-state index is 0.597. The molecule has 2 aromatic carbocycles. The molecule has 19 heavy (non-hydrogen) atoms. The minimum atomic E-state index is 0.597. The van der Waals surface area contributed by atoms with Crippen LogP contribution in [0.25, 0.3) is 0 Å². The average molecular weight is 421 g/mol. The van der Waals surface area contributed by atoms with Crippen molar-refractivity contribution in [2.24, 2.45) is 0 Å². The zero-order chi connectivity index (χ0) is 13.8. The van der Waals surface area contributed by atoms with Crippen molar-refractivity contribution in [2.45, 2.75) is 0 Å². The molecule has 96 valence electrons. The molecule has 0 fully saturated rings. The van der Waals surface area contributed by atoms with E-state index in [0.29, 0.717) is 19.3 Å². The Labute approximate surface area is 137 Å². The van der Waals surface area contributed by atoms with E-state index in [9.17, 15) is 0 Å². The Morgan fingerprint density at radius 3 is 1.47 bits per heavy atom. The Bertz CT molecular complexity index is 585. The predicted molar refractivity (Wildman–Crippen MR) is 83.7 cm³/mol. The van der Waals surface area contributed by atoms with Gasteiger partial charge in [-0.05, 0) is 0 Å². The molecule has 0 unspecified atom stereocenters. The van der Waals surface area contributed by atoms with Crippen LogP contribution in [0, 0.1) is 0 Å². The summed E-state index contributed by atoms with van der Waals surface area (Å²) < 4.78 is 6.93. The summed E-state index contributed by atoms with van der Waals surface area (Å²) in [5, 5.41) is 1.26. The predicted octanol–water partition coefficient (Wildman–Crippen LogP) is 3.00. The van der Waals surface area contributed by atoms with E-state index in [0.717, 1.165) is 11.1 Å². The third kappa shape index (κ3) is 3.79. The number of benzene rings is 2. The topological polar surface area (TPSA) is 9.23 Å². The summed E-state index contributed by atoms with van der Waals surface area (Å²) in [4.78, 5) is 0. The molecular formula is C14H8Cl2OSe2. The Morgan fingerprint density at radius 2 is 1.11 bits per heavy atom. The first-order valence-corrected chi connectivity index (χ1v) is 7.82. The van der Waals surface area contributed by atoms with Gasteiger partial charge in [-0.1, -0.05) is 0 Å². The van der Waals surface area contributed by atoms with Crippen LogP contribution in [-0.4, -0.2) is 40.4 Å². The number of rotatable bonds is 4. The van der Waals surface area contributed by atoms with Gasteiger partial charge >= 0.3 is 138 Å². The molecule has 0 radical (unpaired) electrons. The van der Waals surface area contributed by atoms with Crippen LogP contribution < -0.4 is 0 Å². The second kappa shape index (κ2) is 6.85. The Kier molecular flexibility index (Phi) is 5.41. The van der Waals surface area contributed by atoms with Gasteiger partial charge in [0.05, 0.1) is 0 Å². The third-order valence-corrected chi connectivity index (χ3v) is 4.30. The van der Waals surface area contributed by atoms with Crippen LogP contribution in [0.2, 0.25) is 10.0 Å². The van der Waals surface area contributed by atoms with Crippen molar-refractivity contribution in [3.05, 3.63) is 69.7 Å². The van der Waals surface area contributed by atoms with Gasteiger partial charge < -0.3 is 0 Å². The van der Waals surface area contributed by atoms with Gasteiger partial charge in [0.2, 0.25) is 0 Å². The molecule has 5 heteroatoms. The summed E-state index contributed by atoms with van der Waals surface area (Å²) in [6.45, 7) is 0. The summed E-state index contributed by atoms with van der Waals surface area (Å²) in [6.07, 6.45) is 0. The third-order valence-electron chi connectivity index (χ3n) is 2.37. The van der Waals surface area contributed by atoms with Gasteiger partial charge in [-0.2, -0.15) is 0 Å². The molecule has 0 aliphatic carbocycles. The molecule has 2 rings (SSSR count). The normalized spacial score (nSPS) is 10.0. The molecule has 0 saturated carbocycles. The number of hydrogen-bond donors (Lipinski definition) is 0. The van der Waals surface area contributed by atoms with Crippen LogP contribution in [0.5, 0.6) is 0 Å². The van der Waals surface area contributed by atoms with E-state index in [-0.39, 0.29) is 0 Å². The molecule has 0 aromatic heterocycles. The molecule has 0 spiro atoms. The molecule has 2 aromatic rings. The molecule has 0 aliphatic heterocycles. The molecule has 0 amide bonds. The van der Waals surface area contributed by atoms with Gasteiger partial charge in [0, 0.05) is 0 Å². The first-order chi connectivity index (χ1) is 9.09. The zero-order valence-electron chi connectivity index (χ0n) is 9.60. The number of hydrogen-bond acceptors (Lipinski definition) is 1. The summed E-state index contributed by atoms with van der Waals surface area (Å²) in [5.41, 5.74) is 1.62. The van der Waals surface area contributed by atoms with Crippen LogP contribution in [0.15, 0.2) is 48.5 Å². The fraction of sp³-hybridized carbons (Fsp3) is 0. The van der Waals surface area contributed by atoms with Gasteiger partial charge in [-0.15, -0.1) is 0 Å². The van der Waals surface area contributed by atoms with Crippen molar-refractivity contribution in [2.75, 3.05) is 0 Å². The molecular weight excluding hydrogens is 413 g/mol. The Hall–Kier alpha value is -0.401. The van der Waals surface area contributed by atoms with Crippen LogP contribution in [0.3, 0.4) is 0 Å². The Balaban J connectivity index is 2.19. The fourth-order valence-electron chi connectivity index (χ4n) is 1.45. The molecule has 0 atom stereocenters. The quantitative estimate of drug-likeness (QED) is 0.691. The maximum atomic E-state index is 6.11. The van der Waals surface area contributed by atoms with Crippen LogP contribution in [-0.2, 0) is 4.74 Å². The summed E-state index contributed by atoms with van der Waals surface area (Å²) in [5.74, 6) is 0. The first kappa shape index (κ1) is 15.0. The van der Waals surface area contributed by atoms with Crippen molar-refractivity contribution in [1.29, 1.82) is 0 Å². The van der Waals surface area contributed by atoms with E-state index in [1.165, 1.54) is 0 Å². The standard InChI is InChI=1S/C14H8Cl2OSe2/c15-11-7-3-1-5-9(11)13(18)17-14(19)10-6-2-4-8-12(10)16/h1-8H. The van der Waals surface area contributed by atoms with Crippen molar-refractivity contribution in [3.8, 4) is 0 Å². The van der Waals surface area contributed by atoms with E-state index in [1.807, 2.05) is 48.5 Å². The summed E-state index contributed by atoms with van der Waals surface area (Å²) >= 11 is 18.0. The van der Waals surface area contributed by atoms with Crippen molar-refractivity contribution < 1.29 is 4.74 Å². The van der Waals surface area contributed by atoms with E-state index < -0.39 is 0 Å². The maximum absolute atomic E-state index is 6.11. The SMILES string of the molecule is Clc1ccccc1C(=[Se])OC(=[Se])c1ccccc1Cl. The fourth-order valence-corrected chi connectivity index (χ4v) is 3.51. The van der Waals surface area contributed by atoms with E-state index >= 15 is 0 Å². The van der Waals surface area contributed by atoms with Crippen molar-refractivity contribution in [1.82, 2.24) is 0 Å². The second-order valence-corrected chi connectivity index (χ2v) is 6.01. The molecule has 0 saturated heterocycles. The zero-order valence-corrected chi connectivity index (χ0v) is 14.5. The van der Waals surface area contributed by atoms with Crippen molar-refractivity contribution >= 4 is 63.6 Å². The van der Waals surface area contributed by atoms with Gasteiger partial charge in [0.15, 0.2) is 0 Å². The van der Waals surface area contributed by atoms with E-state index in [2.05, 4.69) is 31.2 Å². The molecule has 0 bridgehead atoms. The number of ether oxygens (including phenoxy) is 1. The first-order valence-electron chi connectivity index (χ1n) is 5.35. The van der Waals surface area contributed by atoms with Crippen LogP contribution in [0.1, 0.15) is 11.1 Å². The Morgan fingerprint density at radius 1 is 0.737 bits per heavy atom. The second-order valence-electron chi connectivity index (χ2n) is 3.64. The van der Waals surface area contributed by atoms with Gasteiger partial charge in [-0.3, -0.25) is 0 Å². The average Bonchev–Trinajstić information content (AvgIpc) is 2.39. The van der Waals surface area contributed by atoms with Crippen molar-refractivity contribution in [3.63, 3.8) is 0 Å². The van der Waals surface area contributed by atoms with Gasteiger partial charge in [0.1, 0.15) is 0 Å². The van der Waals surface area contributed by atoms with Gasteiger partial charge in [-0.25, -0.2) is 0 Å². The molecule has 0 heterocycles.